The van der Waals surface area contributed by atoms with Gasteiger partial charge in [-0.3, -0.25) is 23.2 Å². The molecule has 8 atom stereocenters. The van der Waals surface area contributed by atoms with Gasteiger partial charge in [0.1, 0.15) is 30.7 Å². The van der Waals surface area contributed by atoms with Crippen molar-refractivity contribution in [2.24, 2.45) is 0 Å². The Morgan fingerprint density at radius 2 is 1.25 bits per heavy atom. The molecule has 0 bridgehead atoms. The first-order chi connectivity index (χ1) is 35.1. The molecular formula is C52H83N3O16P2. The number of aliphatic hydroxyl groups excluding tert-OH is 3. The molecule has 3 unspecified atom stereocenters. The Kier molecular flexibility index (Phi) is 35.0. The lowest BCUT2D eigenvalue weighted by atomic mass is 10.1. The fourth-order valence-electron chi connectivity index (χ4n) is 7.03. The van der Waals surface area contributed by atoms with E-state index < -0.39 is 83.7 Å². The first-order valence-electron chi connectivity index (χ1n) is 25.7. The van der Waals surface area contributed by atoms with Gasteiger partial charge in [0, 0.05) is 19.0 Å². The molecule has 2 rings (SSSR count). The van der Waals surface area contributed by atoms with Crippen LogP contribution in [0.15, 0.2) is 102 Å². The summed E-state index contributed by atoms with van der Waals surface area (Å²) in [5.41, 5.74) is 4.58. The molecule has 73 heavy (non-hydrogen) atoms. The summed E-state index contributed by atoms with van der Waals surface area (Å²) in [4.78, 5) is 61.9. The number of nitrogens with two attached hydrogens (primary N) is 1. The number of aromatic nitrogens is 2. The van der Waals surface area contributed by atoms with E-state index in [2.05, 4.69) is 64.8 Å². The number of phosphoric ester groups is 2. The average molecular weight is 1070 g/mol. The molecule has 1 saturated heterocycles. The molecule has 7 N–H and O–H groups in total. The van der Waals surface area contributed by atoms with Crippen molar-refractivity contribution in [3.63, 3.8) is 0 Å². The molecule has 1 aromatic heterocycles. The van der Waals surface area contributed by atoms with Crippen molar-refractivity contribution in [3.8, 4) is 0 Å². The summed E-state index contributed by atoms with van der Waals surface area (Å²) in [6.45, 7) is 1.84. The van der Waals surface area contributed by atoms with Crippen molar-refractivity contribution < 1.29 is 71.4 Å². The summed E-state index contributed by atoms with van der Waals surface area (Å²) in [6, 6.07) is 1.24. The maximum Gasteiger partial charge on any atom is 0.481 e. The van der Waals surface area contributed by atoms with Gasteiger partial charge in [-0.15, -0.1) is 0 Å². The third-order valence-corrected chi connectivity index (χ3v) is 13.6. The molecule has 0 radical (unpaired) electrons. The van der Waals surface area contributed by atoms with E-state index >= 15 is 0 Å². The highest BCUT2D eigenvalue weighted by molar-refractivity contribution is 7.61. The van der Waals surface area contributed by atoms with Crippen molar-refractivity contribution >= 4 is 33.4 Å². The van der Waals surface area contributed by atoms with Crippen molar-refractivity contribution in [3.05, 3.63) is 108 Å². The Morgan fingerprint density at radius 1 is 0.712 bits per heavy atom. The maximum absolute atomic E-state index is 12.9. The van der Waals surface area contributed by atoms with Gasteiger partial charge in [-0.2, -0.15) is 9.29 Å². The highest BCUT2D eigenvalue weighted by Gasteiger charge is 2.46. The largest absolute Gasteiger partial charge is 0.481 e. The number of phosphoric acid groups is 2. The number of carbonyl (C=O) groups excluding carboxylic acids is 2. The Hall–Kier alpha value is -4.10. The zero-order valence-electron chi connectivity index (χ0n) is 42.8. The van der Waals surface area contributed by atoms with Crippen LogP contribution in [0.1, 0.15) is 155 Å². The second-order valence-electron chi connectivity index (χ2n) is 17.5. The van der Waals surface area contributed by atoms with Crippen LogP contribution in [-0.4, -0.2) is 96.9 Å². The number of carbonyl (C=O) groups is 2. The van der Waals surface area contributed by atoms with E-state index in [1.165, 1.54) is 25.3 Å². The molecule has 0 amide bonds. The van der Waals surface area contributed by atoms with Crippen LogP contribution < -0.4 is 11.4 Å². The zero-order valence-corrected chi connectivity index (χ0v) is 44.6. The third kappa shape index (κ3) is 32.1. The second kappa shape index (κ2) is 39.3. The number of hydrogen-bond donors (Lipinski definition) is 6. The van der Waals surface area contributed by atoms with Gasteiger partial charge in [0.25, 0.3) is 0 Å². The standard InChI is InChI=1S/C52H83N3O16P2/c1-3-5-6-7-8-9-10-11-12-13-14-17-20-23-26-29-32-36-47(57)66-40-44(69-48(58)37-33-30-27-24-21-18-15-16-19-22-25-28-31-35-43(56)34-4-2)41-67-72(62,63)71-73(64,65)68-42-45-49(59)50(60)51(70-45)55-39-38-46(53)54-52(55)61/h8-9,11-12,14-15,17-19,22,24,27-28,31,38-39,43-45,49-51,56,59-60H,3-7,10,13,16,20-21,23,25-26,29-30,32-37,40-42H2,1-2H3,(H,62,63)(H,64,65)(H2,53,54,61)/b9-8-,12-11-,17-14-,18-15-,22-19-,27-24-,31-28-/t43?,44-,45-,49-,50-,51-/m1/s1. The molecule has 0 saturated carbocycles. The predicted molar refractivity (Wildman–Crippen MR) is 281 cm³/mol. The number of ether oxygens (including phenoxy) is 3. The van der Waals surface area contributed by atoms with Gasteiger partial charge < -0.3 is 45.1 Å². The van der Waals surface area contributed by atoms with E-state index in [1.54, 1.807) is 0 Å². The van der Waals surface area contributed by atoms with E-state index in [1.807, 2.05) is 43.4 Å². The Bertz CT molecular complexity index is 2070. The van der Waals surface area contributed by atoms with Gasteiger partial charge in [0.05, 0.1) is 19.3 Å². The van der Waals surface area contributed by atoms with Crippen molar-refractivity contribution in [1.29, 1.82) is 0 Å². The van der Waals surface area contributed by atoms with Gasteiger partial charge in [0.15, 0.2) is 12.3 Å². The molecule has 1 fully saturated rings. The minimum absolute atomic E-state index is 0.0503. The molecule has 2 heterocycles. The molecule has 21 heteroatoms. The first kappa shape index (κ1) is 65.0. The molecule has 0 aliphatic carbocycles. The lowest BCUT2D eigenvalue weighted by molar-refractivity contribution is -0.161. The lowest BCUT2D eigenvalue weighted by Crippen LogP contribution is -2.36. The molecular weight excluding hydrogens is 985 g/mol. The summed E-state index contributed by atoms with van der Waals surface area (Å²) < 4.78 is 56.7. The van der Waals surface area contributed by atoms with Crippen LogP contribution in [0, 0.1) is 0 Å². The van der Waals surface area contributed by atoms with Crippen molar-refractivity contribution in [1.82, 2.24) is 9.55 Å². The number of hydrogen-bond acceptors (Lipinski definition) is 16. The van der Waals surface area contributed by atoms with E-state index in [9.17, 15) is 48.6 Å². The minimum atomic E-state index is -5.45. The summed E-state index contributed by atoms with van der Waals surface area (Å²) >= 11 is 0. The molecule has 19 nitrogen and oxygen atoms in total. The van der Waals surface area contributed by atoms with Gasteiger partial charge in [0.2, 0.25) is 0 Å². The third-order valence-electron chi connectivity index (χ3n) is 11.0. The maximum atomic E-state index is 12.9. The Balaban J connectivity index is 1.84. The number of esters is 2. The van der Waals surface area contributed by atoms with Gasteiger partial charge in [-0.05, 0) is 96.0 Å². The number of nitrogens with zero attached hydrogens (tertiary/aromatic N) is 2. The average Bonchev–Trinajstić information content (AvgIpc) is 3.62. The monoisotopic (exact) mass is 1070 g/mol. The van der Waals surface area contributed by atoms with Crippen molar-refractivity contribution in [2.45, 2.75) is 185 Å². The van der Waals surface area contributed by atoms with Gasteiger partial charge in [-0.1, -0.05) is 131 Å². The topological polar surface area (TPSA) is 286 Å². The quantitative estimate of drug-likeness (QED) is 0.0154. The van der Waals surface area contributed by atoms with Gasteiger partial charge >= 0.3 is 33.3 Å². The predicted octanol–water partition coefficient (Wildman–Crippen LogP) is 9.64. The second-order valence-corrected chi connectivity index (χ2v) is 20.5. The number of allylic oxidation sites excluding steroid dienone is 13. The number of anilines is 1. The number of unbranched alkanes of at least 4 members (excludes halogenated alkanes) is 8. The lowest BCUT2D eigenvalue weighted by Gasteiger charge is -2.21. The number of aliphatic hydroxyl groups is 3. The molecule has 0 aromatic carbocycles. The van der Waals surface area contributed by atoms with Crippen LogP contribution in [0.3, 0.4) is 0 Å². The Labute approximate surface area is 431 Å². The number of rotatable bonds is 41. The van der Waals surface area contributed by atoms with Crippen LogP contribution in [0.25, 0.3) is 0 Å². The molecule has 412 valence electrons. The Morgan fingerprint density at radius 3 is 1.84 bits per heavy atom. The minimum Gasteiger partial charge on any atom is -0.462 e. The number of nitrogen functional groups attached to an aromatic ring is 1. The van der Waals surface area contributed by atoms with Crippen LogP contribution in [0.4, 0.5) is 5.82 Å². The smallest absolute Gasteiger partial charge is 0.462 e. The van der Waals surface area contributed by atoms with E-state index in [0.29, 0.717) is 32.1 Å². The summed E-state index contributed by atoms with van der Waals surface area (Å²) in [5.74, 6) is -1.42. The van der Waals surface area contributed by atoms with Crippen LogP contribution >= 0.6 is 15.6 Å². The van der Waals surface area contributed by atoms with E-state index in [0.717, 1.165) is 81.4 Å². The zero-order chi connectivity index (χ0) is 53.6. The molecule has 0 spiro atoms. The van der Waals surface area contributed by atoms with Crippen LogP contribution in [0.2, 0.25) is 0 Å². The summed E-state index contributed by atoms with van der Waals surface area (Å²) in [7, 11) is -10.9. The van der Waals surface area contributed by atoms with E-state index in [4.69, 9.17) is 29.0 Å². The van der Waals surface area contributed by atoms with Crippen molar-refractivity contribution in [2.75, 3.05) is 25.6 Å². The fourth-order valence-corrected chi connectivity index (χ4v) is 9.14. The van der Waals surface area contributed by atoms with Gasteiger partial charge in [-0.25, -0.2) is 13.9 Å². The fraction of sp³-hybridized carbons (Fsp3) is 0.615. The summed E-state index contributed by atoms with van der Waals surface area (Å²) in [6.07, 6.45) is 38.7. The van der Waals surface area contributed by atoms with Crippen LogP contribution in [0.5, 0.6) is 0 Å². The van der Waals surface area contributed by atoms with E-state index in [-0.39, 0.29) is 24.8 Å². The molecule has 1 aliphatic rings. The first-order valence-corrected chi connectivity index (χ1v) is 28.7. The highest BCUT2D eigenvalue weighted by Crippen LogP contribution is 2.60. The summed E-state index contributed by atoms with van der Waals surface area (Å²) in [5, 5.41) is 30.7. The molecule has 1 aliphatic heterocycles. The van der Waals surface area contributed by atoms with Crippen LogP contribution in [-0.2, 0) is 46.3 Å². The SMILES string of the molecule is CCCCC/C=C\C/C=C\C/C=C\CCCCCCC(=O)OC[C@H](COP(=O)(O)OP(=O)(O)OC[C@H]1O[C@@H](n2ccc(N)nc2=O)[C@H](O)[C@@H]1O)OC(=O)CCC/C=C\C/C=C\C/C=C\C/C=C\CC(O)CCC. The molecule has 1 aromatic rings. The normalized spacial score (nSPS) is 20.1. The highest BCUT2D eigenvalue weighted by atomic mass is 31.3.